The van der Waals surface area contributed by atoms with Gasteiger partial charge in [-0.2, -0.15) is 0 Å². The molecule has 26 heavy (non-hydrogen) atoms. The van der Waals surface area contributed by atoms with Gasteiger partial charge in [-0.3, -0.25) is 0 Å². The van der Waals surface area contributed by atoms with Crippen molar-refractivity contribution in [2.75, 3.05) is 32.6 Å². The number of hydrogen-bond donors (Lipinski definition) is 1. The van der Waals surface area contributed by atoms with E-state index in [-0.39, 0.29) is 6.10 Å². The van der Waals surface area contributed by atoms with E-state index in [1.807, 2.05) is 6.20 Å². The summed E-state index contributed by atoms with van der Waals surface area (Å²) in [7, 11) is 5.94. The lowest BCUT2D eigenvalue weighted by atomic mass is 9.93. The van der Waals surface area contributed by atoms with Gasteiger partial charge in [0, 0.05) is 55.0 Å². The van der Waals surface area contributed by atoms with E-state index in [4.69, 9.17) is 9.47 Å². The Balaban J connectivity index is 1.90. The zero-order chi connectivity index (χ0) is 18.4. The number of aromatic amines is 1. The van der Waals surface area contributed by atoms with Gasteiger partial charge in [0.25, 0.3) is 0 Å². The van der Waals surface area contributed by atoms with Crippen LogP contribution in [0.25, 0.3) is 5.57 Å². The van der Waals surface area contributed by atoms with E-state index in [9.17, 15) is 0 Å². The molecule has 1 atom stereocenters. The first kappa shape index (κ1) is 16.9. The molecule has 0 amide bonds. The van der Waals surface area contributed by atoms with E-state index in [2.05, 4.69) is 67.1 Å². The molecule has 0 saturated carbocycles. The molecule has 0 radical (unpaired) electrons. The van der Waals surface area contributed by atoms with Crippen LogP contribution < -0.4 is 14.4 Å². The number of rotatable bonds is 3. The van der Waals surface area contributed by atoms with Crippen LogP contribution in [0.15, 0.2) is 30.6 Å². The predicted octanol–water partition coefficient (Wildman–Crippen LogP) is 3.71. The molecular formula is C21H27N3O2. The molecule has 0 aliphatic carbocycles. The van der Waals surface area contributed by atoms with Gasteiger partial charge in [-0.05, 0) is 18.1 Å². The normalized spacial score (nSPS) is 19.0. The van der Waals surface area contributed by atoms with Crippen molar-refractivity contribution < 1.29 is 9.47 Å². The van der Waals surface area contributed by atoms with Crippen molar-refractivity contribution in [3.8, 4) is 11.5 Å². The number of methoxy groups -OCH3 is 1. The van der Waals surface area contributed by atoms with Gasteiger partial charge < -0.3 is 24.3 Å². The number of fused-ring (bicyclic) bond motifs is 2. The van der Waals surface area contributed by atoms with Gasteiger partial charge >= 0.3 is 0 Å². The summed E-state index contributed by atoms with van der Waals surface area (Å²) >= 11 is 0. The van der Waals surface area contributed by atoms with E-state index in [0.717, 1.165) is 35.8 Å². The monoisotopic (exact) mass is 353 g/mol. The fraction of sp³-hybridized carbons (Fsp3) is 0.429. The van der Waals surface area contributed by atoms with Crippen LogP contribution in [-0.2, 0) is 6.54 Å². The number of ether oxygens (including phenoxy) is 2. The molecule has 5 heteroatoms. The van der Waals surface area contributed by atoms with Crippen LogP contribution in [0.2, 0.25) is 0 Å². The van der Waals surface area contributed by atoms with E-state index in [0.29, 0.717) is 5.92 Å². The molecule has 0 spiro atoms. The van der Waals surface area contributed by atoms with Crippen LogP contribution in [-0.4, -0.2) is 43.7 Å². The van der Waals surface area contributed by atoms with E-state index >= 15 is 0 Å². The summed E-state index contributed by atoms with van der Waals surface area (Å²) in [6.45, 7) is 6.19. The quantitative estimate of drug-likeness (QED) is 0.913. The second-order valence-electron chi connectivity index (χ2n) is 7.63. The molecule has 138 valence electrons. The second-order valence-corrected chi connectivity index (χ2v) is 7.63. The molecule has 3 heterocycles. The Labute approximate surface area is 155 Å². The molecule has 0 fully saturated rings. The Bertz CT molecular complexity index is 853. The lowest BCUT2D eigenvalue weighted by Crippen LogP contribution is -2.41. The van der Waals surface area contributed by atoms with E-state index in [1.54, 1.807) is 7.11 Å². The van der Waals surface area contributed by atoms with E-state index in [1.165, 1.54) is 16.8 Å². The van der Waals surface area contributed by atoms with Crippen molar-refractivity contribution in [1.82, 2.24) is 9.88 Å². The number of likely N-dealkylation sites (N-methyl/N-ethyl adjacent to an activating group) is 1. The standard InChI is InChI=1S/C21H27N3O2/c1-13(2)20-12-24(4)19-9-14(25-5)8-16(21(19)26-20)17-10-23(3)11-18-15(17)6-7-22-18/h6-10,13,20,22H,11-12H2,1-5H3. The Kier molecular flexibility index (Phi) is 4.10. The van der Waals surface area contributed by atoms with Gasteiger partial charge in [-0.15, -0.1) is 0 Å². The van der Waals surface area contributed by atoms with Crippen LogP contribution in [0, 0.1) is 5.92 Å². The van der Waals surface area contributed by atoms with Gasteiger partial charge in [-0.25, -0.2) is 0 Å². The number of aromatic nitrogens is 1. The highest BCUT2D eigenvalue weighted by Gasteiger charge is 2.31. The zero-order valence-electron chi connectivity index (χ0n) is 16.2. The molecule has 0 saturated heterocycles. The predicted molar refractivity (Wildman–Crippen MR) is 105 cm³/mol. The summed E-state index contributed by atoms with van der Waals surface area (Å²) < 4.78 is 12.1. The number of hydrogen-bond acceptors (Lipinski definition) is 4. The molecular weight excluding hydrogens is 326 g/mol. The van der Waals surface area contributed by atoms with Gasteiger partial charge in [-0.1, -0.05) is 13.8 Å². The topological polar surface area (TPSA) is 40.7 Å². The lowest BCUT2D eigenvalue weighted by Gasteiger charge is -2.37. The Hall–Kier alpha value is -2.56. The largest absolute Gasteiger partial charge is 0.497 e. The first-order valence-electron chi connectivity index (χ1n) is 9.16. The smallest absolute Gasteiger partial charge is 0.151 e. The van der Waals surface area contributed by atoms with Gasteiger partial charge in [0.2, 0.25) is 0 Å². The lowest BCUT2D eigenvalue weighted by molar-refractivity contribution is 0.147. The number of anilines is 1. The van der Waals surface area contributed by atoms with Crippen molar-refractivity contribution in [1.29, 1.82) is 0 Å². The minimum atomic E-state index is 0.173. The maximum absolute atomic E-state index is 6.51. The highest BCUT2D eigenvalue weighted by Crippen LogP contribution is 2.46. The van der Waals surface area contributed by atoms with Crippen molar-refractivity contribution in [3.05, 3.63) is 47.4 Å². The third-order valence-electron chi connectivity index (χ3n) is 5.33. The minimum Gasteiger partial charge on any atom is -0.497 e. The molecule has 1 aromatic heterocycles. The molecule has 1 N–H and O–H groups in total. The van der Waals surface area contributed by atoms with Gasteiger partial charge in [0.15, 0.2) is 5.75 Å². The van der Waals surface area contributed by atoms with Crippen molar-refractivity contribution in [2.45, 2.75) is 26.5 Å². The summed E-state index contributed by atoms with van der Waals surface area (Å²) in [5.74, 6) is 2.25. The van der Waals surface area contributed by atoms with Crippen molar-refractivity contribution >= 4 is 11.3 Å². The molecule has 5 nitrogen and oxygen atoms in total. The first-order valence-corrected chi connectivity index (χ1v) is 9.16. The van der Waals surface area contributed by atoms with Gasteiger partial charge in [0.1, 0.15) is 11.9 Å². The SMILES string of the molecule is COc1cc(C2=CN(C)Cc3[nH]ccc32)c2c(c1)N(C)CC(C(C)C)O2. The maximum atomic E-state index is 6.51. The third-order valence-corrected chi connectivity index (χ3v) is 5.33. The number of nitrogens with one attached hydrogen (secondary N) is 1. The first-order chi connectivity index (χ1) is 12.5. The molecule has 2 aromatic rings. The van der Waals surface area contributed by atoms with Crippen LogP contribution in [0.4, 0.5) is 5.69 Å². The summed E-state index contributed by atoms with van der Waals surface area (Å²) in [6.07, 6.45) is 4.38. The van der Waals surface area contributed by atoms with Crippen LogP contribution in [0.3, 0.4) is 0 Å². The molecule has 0 bridgehead atoms. The van der Waals surface area contributed by atoms with Crippen LogP contribution in [0.1, 0.15) is 30.7 Å². The molecule has 4 rings (SSSR count). The second kappa shape index (κ2) is 6.31. The number of benzene rings is 1. The van der Waals surface area contributed by atoms with Crippen LogP contribution in [0.5, 0.6) is 11.5 Å². The minimum absolute atomic E-state index is 0.173. The number of nitrogens with zero attached hydrogens (tertiary/aromatic N) is 2. The molecule has 1 unspecified atom stereocenters. The molecule has 1 aromatic carbocycles. The maximum Gasteiger partial charge on any atom is 0.151 e. The Morgan fingerprint density at radius 2 is 2.04 bits per heavy atom. The molecule has 2 aliphatic heterocycles. The Morgan fingerprint density at radius 1 is 1.23 bits per heavy atom. The van der Waals surface area contributed by atoms with Crippen molar-refractivity contribution in [3.63, 3.8) is 0 Å². The Morgan fingerprint density at radius 3 is 2.77 bits per heavy atom. The highest BCUT2D eigenvalue weighted by molar-refractivity contribution is 5.88. The van der Waals surface area contributed by atoms with Crippen molar-refractivity contribution in [2.24, 2.45) is 5.92 Å². The summed E-state index contributed by atoms with van der Waals surface area (Å²) in [5.41, 5.74) is 5.80. The number of H-pyrrole nitrogens is 1. The highest BCUT2D eigenvalue weighted by atomic mass is 16.5. The molecule has 2 aliphatic rings. The van der Waals surface area contributed by atoms with Gasteiger partial charge in [0.05, 0.1) is 25.9 Å². The van der Waals surface area contributed by atoms with Crippen LogP contribution >= 0.6 is 0 Å². The average molecular weight is 353 g/mol. The summed E-state index contributed by atoms with van der Waals surface area (Å²) in [5, 5.41) is 0. The zero-order valence-corrected chi connectivity index (χ0v) is 16.2. The average Bonchev–Trinajstić information content (AvgIpc) is 3.08. The third kappa shape index (κ3) is 2.71. The van der Waals surface area contributed by atoms with E-state index < -0.39 is 0 Å². The fourth-order valence-corrected chi connectivity index (χ4v) is 3.80. The summed E-state index contributed by atoms with van der Waals surface area (Å²) in [6, 6.07) is 6.31. The summed E-state index contributed by atoms with van der Waals surface area (Å²) in [4.78, 5) is 7.85. The fourth-order valence-electron chi connectivity index (χ4n) is 3.80.